The number of halogens is 3. The Morgan fingerprint density at radius 3 is 1.33 bits per heavy atom. The quantitative estimate of drug-likeness (QED) is 0.172. The topological polar surface area (TPSA) is 69.2 Å². The van der Waals surface area contributed by atoms with Gasteiger partial charge in [-0.3, -0.25) is 0 Å². The summed E-state index contributed by atoms with van der Waals surface area (Å²) < 4.78 is 66.9. The van der Waals surface area contributed by atoms with Crippen molar-refractivity contribution in [3.8, 4) is 11.4 Å². The number of rotatable bonds is 9. The molecule has 0 N–H and O–H groups in total. The van der Waals surface area contributed by atoms with E-state index >= 15 is 0 Å². The molecule has 0 atom stereocenters. The molecule has 0 fully saturated rings. The van der Waals surface area contributed by atoms with Crippen LogP contribution in [0.3, 0.4) is 0 Å². The van der Waals surface area contributed by atoms with Gasteiger partial charge in [0.05, 0.1) is 0 Å². The van der Waals surface area contributed by atoms with E-state index in [0.717, 1.165) is 0 Å². The van der Waals surface area contributed by atoms with E-state index in [9.17, 15) is 13.2 Å². The van der Waals surface area contributed by atoms with Gasteiger partial charge in [0, 0.05) is 12.1 Å². The second kappa shape index (κ2) is 14.3. The van der Waals surface area contributed by atoms with Gasteiger partial charge in [0.25, 0.3) is 8.00 Å². The molecule has 0 spiro atoms. The lowest BCUT2D eigenvalue weighted by Gasteiger charge is -2.35. The minimum atomic E-state index is -6.09. The maximum Gasteiger partial charge on any atom is 0.485 e. The minimum Gasteiger partial charge on any atom is -0.741 e. The largest absolute Gasteiger partial charge is 0.741 e. The average molecular weight is 644 g/mol. The Labute approximate surface area is 257 Å². The van der Waals surface area contributed by atoms with Gasteiger partial charge in [-0.15, -0.1) is 0 Å². The van der Waals surface area contributed by atoms with E-state index in [0.29, 0.717) is 35.8 Å². The number of hydrogen-bond donors (Lipinski definition) is 0. The van der Waals surface area contributed by atoms with Crippen molar-refractivity contribution >= 4 is 18.1 Å². The maximum atomic E-state index is 10.7. The number of aromatic nitrogens is 2. The van der Waals surface area contributed by atoms with E-state index in [4.69, 9.17) is 13.0 Å². The van der Waals surface area contributed by atoms with E-state index in [-0.39, 0.29) is 0 Å². The van der Waals surface area contributed by atoms with Crippen LogP contribution in [0.5, 0.6) is 0 Å². The van der Waals surface area contributed by atoms with E-state index in [1.165, 1.54) is 33.6 Å². The fraction of sp³-hybridized carbons (Fsp3) is 0.594. The molecule has 1 aromatic heterocycles. The Kier molecular flexibility index (Phi) is 12.3. The van der Waals surface area contributed by atoms with Gasteiger partial charge in [0.1, 0.15) is 11.4 Å². The second-order valence-corrected chi connectivity index (χ2v) is 16.0. The van der Waals surface area contributed by atoms with Crippen molar-refractivity contribution in [3.05, 3.63) is 65.0 Å². The zero-order chi connectivity index (χ0) is 33.2. The summed E-state index contributed by atoms with van der Waals surface area (Å²) in [4.78, 5) is 0. The molecule has 0 amide bonds. The van der Waals surface area contributed by atoms with Crippen molar-refractivity contribution < 1.29 is 30.5 Å². The number of nitrogens with zero attached hydrogens (tertiary/aromatic N) is 3. The van der Waals surface area contributed by atoms with E-state index in [2.05, 4.69) is 139 Å². The molecule has 0 aliphatic rings. The lowest BCUT2D eigenvalue weighted by molar-refractivity contribution is -0.543. The molecular weight excluding hydrogens is 594 g/mol. The zero-order valence-corrected chi connectivity index (χ0v) is 29.3. The van der Waals surface area contributed by atoms with Crippen LogP contribution < -0.4 is 9.00 Å². The third kappa shape index (κ3) is 8.33. The van der Waals surface area contributed by atoms with Crippen molar-refractivity contribution in [1.29, 1.82) is 0 Å². The zero-order valence-electron chi connectivity index (χ0n) is 27.6. The number of para-hydroxylation sites is 2. The standard InChI is InChI=1S/C31H49N3P.CHF3O3S/c1-20(2)26-15-13-16-27(21(3)4)30(26)32-19-33(35(32)34(24(9)10)25(11)12)31-28(22(5)6)17-14-18-29(31)23(7)8;2-1(3,4)8(5,6)7/h13-25H,1-12H3;(H,5,6,7)/q+1;/p-1. The van der Waals surface area contributed by atoms with Gasteiger partial charge in [0.15, 0.2) is 10.1 Å². The first-order valence-electron chi connectivity index (χ1n) is 14.9. The van der Waals surface area contributed by atoms with Crippen LogP contribution in [0.1, 0.15) is 129 Å². The summed E-state index contributed by atoms with van der Waals surface area (Å²) in [5.74, 6) is 1.90. The summed E-state index contributed by atoms with van der Waals surface area (Å²) in [7, 11) is -6.83. The molecule has 0 aliphatic heterocycles. The highest BCUT2D eigenvalue weighted by Gasteiger charge is 2.37. The van der Waals surface area contributed by atoms with Crippen LogP contribution in [0, 0.1) is 0 Å². The Balaban J connectivity index is 0.000000708. The summed E-state index contributed by atoms with van der Waals surface area (Å²) in [5.41, 5.74) is 3.02. The van der Waals surface area contributed by atoms with Crippen molar-refractivity contribution in [3.63, 3.8) is 0 Å². The van der Waals surface area contributed by atoms with Crippen molar-refractivity contribution in [2.45, 2.75) is 124 Å². The highest BCUT2D eigenvalue weighted by Crippen LogP contribution is 2.42. The van der Waals surface area contributed by atoms with Crippen LogP contribution in [0.15, 0.2) is 42.7 Å². The van der Waals surface area contributed by atoms with Crippen LogP contribution in [0.25, 0.3) is 11.4 Å². The Hall–Kier alpha value is -2.13. The first kappa shape index (κ1) is 37.1. The summed E-state index contributed by atoms with van der Waals surface area (Å²) in [5, 5.41) is 0. The second-order valence-electron chi connectivity index (χ2n) is 12.7. The molecule has 0 aliphatic carbocycles. The predicted molar refractivity (Wildman–Crippen MR) is 171 cm³/mol. The third-order valence-electron chi connectivity index (χ3n) is 7.30. The molecule has 0 bridgehead atoms. The lowest BCUT2D eigenvalue weighted by Crippen LogP contribution is -2.50. The molecule has 0 saturated heterocycles. The first-order chi connectivity index (χ1) is 19.6. The lowest BCUT2D eigenvalue weighted by atomic mass is 9.92. The summed E-state index contributed by atoms with van der Waals surface area (Å²) in [6.07, 6.45) is 2.42. The Morgan fingerprint density at radius 2 is 1.05 bits per heavy atom. The Bertz CT molecular complexity index is 1330. The van der Waals surface area contributed by atoms with Crippen molar-refractivity contribution in [2.75, 3.05) is 4.67 Å². The van der Waals surface area contributed by atoms with Gasteiger partial charge in [-0.05, 0) is 73.6 Å². The summed E-state index contributed by atoms with van der Waals surface area (Å²) >= 11 is 0. The summed E-state index contributed by atoms with van der Waals surface area (Å²) in [6, 6.07) is 14.8. The van der Waals surface area contributed by atoms with Gasteiger partial charge in [0.2, 0.25) is 6.33 Å². The monoisotopic (exact) mass is 643 g/mol. The van der Waals surface area contributed by atoms with Gasteiger partial charge < -0.3 is 4.55 Å². The molecular formula is C32H49F3N3O3PS. The van der Waals surface area contributed by atoms with E-state index < -0.39 is 23.6 Å². The fourth-order valence-electron chi connectivity index (χ4n) is 5.33. The molecule has 0 unspecified atom stereocenters. The van der Waals surface area contributed by atoms with E-state index in [1.807, 2.05) is 0 Å². The van der Waals surface area contributed by atoms with Crippen LogP contribution >= 0.6 is 8.00 Å². The molecule has 3 aromatic rings. The number of hydrogen-bond acceptors (Lipinski definition) is 4. The van der Waals surface area contributed by atoms with Gasteiger partial charge in [-0.25, -0.2) is 13.1 Å². The summed E-state index contributed by atoms with van der Waals surface area (Å²) in [6.45, 7) is 28.1. The predicted octanol–water partition coefficient (Wildman–Crippen LogP) is 9.04. The highest BCUT2D eigenvalue weighted by atomic mass is 32.2. The SMILES string of the molecule is CC(C)c1cccc(C(C)C)c1-n1c[n+](-c2c(C(C)C)cccc2C(C)C)p1N(C(C)C)C(C)C.O=S(=O)([O-])C(F)(F)F. The smallest absolute Gasteiger partial charge is 0.485 e. The Morgan fingerprint density at radius 1 is 0.721 bits per heavy atom. The number of benzene rings is 2. The molecule has 43 heavy (non-hydrogen) atoms. The van der Waals surface area contributed by atoms with E-state index in [1.54, 1.807) is 0 Å². The van der Waals surface area contributed by atoms with Crippen molar-refractivity contribution in [1.82, 2.24) is 4.33 Å². The van der Waals surface area contributed by atoms with Crippen LogP contribution in [-0.4, -0.2) is 34.9 Å². The highest BCUT2D eigenvalue weighted by molar-refractivity contribution is 7.86. The first-order valence-corrected chi connectivity index (χ1v) is 17.5. The fourth-order valence-corrected chi connectivity index (χ4v) is 7.87. The molecule has 6 nitrogen and oxygen atoms in total. The maximum absolute atomic E-state index is 10.7. The normalized spacial score (nSPS) is 13.3. The molecule has 242 valence electrons. The number of alkyl halides is 3. The molecule has 3 rings (SSSR count). The average Bonchev–Trinajstić information content (AvgIpc) is 2.84. The van der Waals surface area contributed by atoms with Crippen LogP contribution in [0.2, 0.25) is 0 Å². The third-order valence-corrected chi connectivity index (χ3v) is 10.6. The molecule has 11 heteroatoms. The van der Waals surface area contributed by atoms with Gasteiger partial charge >= 0.3 is 5.51 Å². The molecule has 0 saturated carbocycles. The molecule has 2 aromatic carbocycles. The molecule has 0 radical (unpaired) electrons. The van der Waals surface area contributed by atoms with Gasteiger partial charge in [-0.1, -0.05) is 91.8 Å². The minimum absolute atomic E-state index is 0.447. The van der Waals surface area contributed by atoms with Crippen LogP contribution in [-0.2, 0) is 10.1 Å². The van der Waals surface area contributed by atoms with Crippen LogP contribution in [0.4, 0.5) is 13.2 Å². The van der Waals surface area contributed by atoms with Crippen molar-refractivity contribution in [2.24, 2.45) is 0 Å². The van der Waals surface area contributed by atoms with Gasteiger partial charge in [-0.2, -0.15) is 21.8 Å². The molecule has 1 heterocycles.